The van der Waals surface area contributed by atoms with Crippen molar-refractivity contribution in [3.05, 3.63) is 35.4 Å². The van der Waals surface area contributed by atoms with E-state index in [0.29, 0.717) is 0 Å². The SMILES string of the molecule is Cc1ccc(C(C)N=C(N)NN)cc1. The molecular weight excluding hydrogens is 176 g/mol. The van der Waals surface area contributed by atoms with Gasteiger partial charge in [-0.25, -0.2) is 10.8 Å². The summed E-state index contributed by atoms with van der Waals surface area (Å²) in [6, 6.07) is 8.19. The molecule has 1 aromatic rings. The van der Waals surface area contributed by atoms with Gasteiger partial charge in [-0.05, 0) is 19.4 Å². The quantitative estimate of drug-likeness (QED) is 0.281. The van der Waals surface area contributed by atoms with Gasteiger partial charge in [-0.15, -0.1) is 0 Å². The smallest absolute Gasteiger partial charge is 0.203 e. The highest BCUT2D eigenvalue weighted by Gasteiger charge is 2.02. The van der Waals surface area contributed by atoms with Gasteiger partial charge in [-0.3, -0.25) is 5.43 Å². The third-order valence-electron chi connectivity index (χ3n) is 2.04. The summed E-state index contributed by atoms with van der Waals surface area (Å²) in [7, 11) is 0. The van der Waals surface area contributed by atoms with Gasteiger partial charge in [0.2, 0.25) is 5.96 Å². The minimum absolute atomic E-state index is 0.0200. The second kappa shape index (κ2) is 4.62. The van der Waals surface area contributed by atoms with Crippen molar-refractivity contribution in [2.24, 2.45) is 16.6 Å². The van der Waals surface area contributed by atoms with E-state index in [1.807, 2.05) is 38.1 Å². The third kappa shape index (κ3) is 2.74. The van der Waals surface area contributed by atoms with Gasteiger partial charge in [0.05, 0.1) is 6.04 Å². The molecule has 0 aliphatic carbocycles. The molecule has 4 heteroatoms. The van der Waals surface area contributed by atoms with Crippen LogP contribution in [0.4, 0.5) is 0 Å². The number of aliphatic imine (C=N–C) groups is 1. The average molecular weight is 192 g/mol. The first-order chi connectivity index (χ1) is 6.63. The zero-order valence-corrected chi connectivity index (χ0v) is 8.49. The largest absolute Gasteiger partial charge is 0.369 e. The topological polar surface area (TPSA) is 76.4 Å². The Labute approximate surface area is 84.0 Å². The molecule has 0 bridgehead atoms. The van der Waals surface area contributed by atoms with Crippen LogP contribution < -0.4 is 17.0 Å². The number of guanidine groups is 1. The minimum atomic E-state index is 0.0200. The second-order valence-electron chi connectivity index (χ2n) is 3.25. The van der Waals surface area contributed by atoms with Gasteiger partial charge in [0.1, 0.15) is 0 Å². The summed E-state index contributed by atoms with van der Waals surface area (Å²) in [5.41, 5.74) is 10.1. The molecule has 0 fully saturated rings. The van der Waals surface area contributed by atoms with Gasteiger partial charge >= 0.3 is 0 Å². The first kappa shape index (κ1) is 10.5. The van der Waals surface area contributed by atoms with Gasteiger partial charge < -0.3 is 5.73 Å². The Morgan fingerprint density at radius 3 is 2.43 bits per heavy atom. The van der Waals surface area contributed by atoms with Crippen LogP contribution in [0.2, 0.25) is 0 Å². The fourth-order valence-electron chi connectivity index (χ4n) is 1.17. The maximum absolute atomic E-state index is 5.46. The summed E-state index contributed by atoms with van der Waals surface area (Å²) in [5.74, 6) is 5.36. The van der Waals surface area contributed by atoms with E-state index >= 15 is 0 Å². The van der Waals surface area contributed by atoms with Crippen molar-refractivity contribution in [3.63, 3.8) is 0 Å². The second-order valence-corrected chi connectivity index (χ2v) is 3.25. The van der Waals surface area contributed by atoms with Crippen molar-refractivity contribution in [2.45, 2.75) is 19.9 Å². The summed E-state index contributed by atoms with van der Waals surface area (Å²) in [5, 5.41) is 0. The molecule has 0 radical (unpaired) electrons. The van der Waals surface area contributed by atoms with Crippen LogP contribution in [0, 0.1) is 6.92 Å². The van der Waals surface area contributed by atoms with Crippen molar-refractivity contribution >= 4 is 5.96 Å². The number of nitrogens with zero attached hydrogens (tertiary/aromatic N) is 1. The Kier molecular flexibility index (Phi) is 3.48. The number of nitrogens with one attached hydrogen (secondary N) is 1. The maximum Gasteiger partial charge on any atom is 0.203 e. The lowest BCUT2D eigenvalue weighted by Gasteiger charge is -2.08. The molecule has 0 amide bonds. The van der Waals surface area contributed by atoms with E-state index in [-0.39, 0.29) is 12.0 Å². The molecule has 1 atom stereocenters. The lowest BCUT2D eigenvalue weighted by atomic mass is 10.1. The predicted molar refractivity (Wildman–Crippen MR) is 58.5 cm³/mol. The number of hydrazine groups is 1. The van der Waals surface area contributed by atoms with Crippen molar-refractivity contribution in [1.29, 1.82) is 0 Å². The molecule has 5 N–H and O–H groups in total. The standard InChI is InChI=1S/C10H16N4/c1-7-3-5-9(6-4-7)8(2)13-10(11)14-12/h3-6,8H,12H2,1-2H3,(H3,11,13,14). The number of rotatable bonds is 2. The van der Waals surface area contributed by atoms with Crippen LogP contribution in [0.1, 0.15) is 24.1 Å². The Balaban J connectivity index is 2.79. The van der Waals surface area contributed by atoms with Gasteiger partial charge in [0.15, 0.2) is 0 Å². The fraction of sp³-hybridized carbons (Fsp3) is 0.300. The Hall–Kier alpha value is -1.55. The van der Waals surface area contributed by atoms with E-state index in [2.05, 4.69) is 10.4 Å². The van der Waals surface area contributed by atoms with Gasteiger partial charge in [0, 0.05) is 0 Å². The number of aryl methyl sites for hydroxylation is 1. The number of benzene rings is 1. The van der Waals surface area contributed by atoms with Crippen molar-refractivity contribution in [2.75, 3.05) is 0 Å². The maximum atomic E-state index is 5.46. The fourth-order valence-corrected chi connectivity index (χ4v) is 1.17. The Morgan fingerprint density at radius 1 is 1.36 bits per heavy atom. The van der Waals surface area contributed by atoms with Gasteiger partial charge in [-0.1, -0.05) is 29.8 Å². The molecule has 0 saturated heterocycles. The zero-order valence-electron chi connectivity index (χ0n) is 8.49. The molecule has 0 aliphatic heterocycles. The van der Waals surface area contributed by atoms with Crippen LogP contribution in [-0.4, -0.2) is 5.96 Å². The van der Waals surface area contributed by atoms with Crippen LogP contribution in [0.5, 0.6) is 0 Å². The van der Waals surface area contributed by atoms with E-state index < -0.39 is 0 Å². The Morgan fingerprint density at radius 2 is 1.93 bits per heavy atom. The molecule has 76 valence electrons. The molecule has 0 saturated carbocycles. The summed E-state index contributed by atoms with van der Waals surface area (Å²) in [4.78, 5) is 4.15. The average Bonchev–Trinajstić information content (AvgIpc) is 2.18. The molecule has 1 unspecified atom stereocenters. The molecule has 0 aromatic heterocycles. The highest BCUT2D eigenvalue weighted by atomic mass is 15.3. The van der Waals surface area contributed by atoms with Crippen LogP contribution >= 0.6 is 0 Å². The zero-order chi connectivity index (χ0) is 10.6. The first-order valence-electron chi connectivity index (χ1n) is 4.50. The Bertz CT molecular complexity index is 315. The van der Waals surface area contributed by atoms with Crippen molar-refractivity contribution < 1.29 is 0 Å². The molecule has 1 aromatic carbocycles. The third-order valence-corrected chi connectivity index (χ3v) is 2.04. The normalized spacial score (nSPS) is 13.8. The molecule has 14 heavy (non-hydrogen) atoms. The van der Waals surface area contributed by atoms with Crippen LogP contribution in [0.25, 0.3) is 0 Å². The highest BCUT2D eigenvalue weighted by molar-refractivity contribution is 5.77. The van der Waals surface area contributed by atoms with E-state index in [0.717, 1.165) is 5.56 Å². The minimum Gasteiger partial charge on any atom is -0.369 e. The summed E-state index contributed by atoms with van der Waals surface area (Å²) in [6.07, 6.45) is 0. The van der Waals surface area contributed by atoms with Gasteiger partial charge in [0.25, 0.3) is 0 Å². The monoisotopic (exact) mass is 192 g/mol. The van der Waals surface area contributed by atoms with Crippen molar-refractivity contribution in [3.8, 4) is 0 Å². The molecule has 4 nitrogen and oxygen atoms in total. The summed E-state index contributed by atoms with van der Waals surface area (Å²) >= 11 is 0. The van der Waals surface area contributed by atoms with E-state index in [1.54, 1.807) is 0 Å². The molecule has 1 rings (SSSR count). The molecular formula is C10H16N4. The first-order valence-corrected chi connectivity index (χ1v) is 4.50. The summed E-state index contributed by atoms with van der Waals surface area (Å²) in [6.45, 7) is 4.02. The van der Waals surface area contributed by atoms with Gasteiger partial charge in [-0.2, -0.15) is 0 Å². The predicted octanol–water partition coefficient (Wildman–Crippen LogP) is 0.834. The lowest BCUT2D eigenvalue weighted by Crippen LogP contribution is -2.37. The molecule has 0 aliphatic rings. The highest BCUT2D eigenvalue weighted by Crippen LogP contribution is 2.16. The molecule has 0 spiro atoms. The van der Waals surface area contributed by atoms with Crippen LogP contribution in [0.3, 0.4) is 0 Å². The number of hydrogen-bond donors (Lipinski definition) is 3. The van der Waals surface area contributed by atoms with Crippen LogP contribution in [0.15, 0.2) is 29.3 Å². The van der Waals surface area contributed by atoms with E-state index in [9.17, 15) is 0 Å². The van der Waals surface area contributed by atoms with Crippen LogP contribution in [-0.2, 0) is 0 Å². The number of nitrogens with two attached hydrogens (primary N) is 2. The lowest BCUT2D eigenvalue weighted by molar-refractivity contribution is 0.800. The molecule has 0 heterocycles. The van der Waals surface area contributed by atoms with E-state index in [4.69, 9.17) is 11.6 Å². The van der Waals surface area contributed by atoms with E-state index in [1.165, 1.54) is 5.56 Å². The van der Waals surface area contributed by atoms with Crippen molar-refractivity contribution in [1.82, 2.24) is 5.43 Å². The number of hydrogen-bond acceptors (Lipinski definition) is 2. The summed E-state index contributed by atoms with van der Waals surface area (Å²) < 4.78 is 0.